The van der Waals surface area contributed by atoms with E-state index < -0.39 is 0 Å². The first-order valence-corrected chi connectivity index (χ1v) is 8.12. The minimum absolute atomic E-state index is 0.133. The van der Waals surface area contributed by atoms with E-state index in [4.69, 9.17) is 12.2 Å². The molecule has 1 amide bonds. The van der Waals surface area contributed by atoms with E-state index >= 15 is 0 Å². The predicted octanol–water partition coefficient (Wildman–Crippen LogP) is 2.46. The number of carbonyl (C=O) groups is 1. The Morgan fingerprint density at radius 3 is 2.77 bits per heavy atom. The normalized spacial score (nSPS) is 14.3. The van der Waals surface area contributed by atoms with Crippen LogP contribution in [0.25, 0.3) is 0 Å². The largest absolute Gasteiger partial charge is 0.359 e. The van der Waals surface area contributed by atoms with E-state index in [1.807, 2.05) is 29.2 Å². The van der Waals surface area contributed by atoms with Crippen LogP contribution in [0.4, 0.5) is 0 Å². The molecule has 2 N–H and O–H groups in total. The highest BCUT2D eigenvalue weighted by molar-refractivity contribution is 7.80. The van der Waals surface area contributed by atoms with Crippen molar-refractivity contribution in [1.82, 2.24) is 15.5 Å². The lowest BCUT2D eigenvalue weighted by molar-refractivity contribution is 0.0724. The van der Waals surface area contributed by atoms with Gasteiger partial charge in [-0.1, -0.05) is 18.2 Å². The summed E-state index contributed by atoms with van der Waals surface area (Å²) in [6.45, 7) is 6.62. The van der Waals surface area contributed by atoms with Crippen LogP contribution >= 0.6 is 12.2 Å². The summed E-state index contributed by atoms with van der Waals surface area (Å²) in [4.78, 5) is 14.4. The van der Waals surface area contributed by atoms with Gasteiger partial charge in [-0.15, -0.1) is 6.58 Å². The fraction of sp³-hybridized carbons (Fsp3) is 0.412. The number of rotatable bonds is 5. The first-order valence-electron chi connectivity index (χ1n) is 7.71. The second-order valence-electron chi connectivity index (χ2n) is 5.41. The maximum atomic E-state index is 12.5. The lowest BCUT2D eigenvalue weighted by Crippen LogP contribution is -2.36. The summed E-state index contributed by atoms with van der Waals surface area (Å²) in [5.74, 6) is 0.133. The van der Waals surface area contributed by atoms with Crippen LogP contribution in [0.1, 0.15) is 35.2 Å². The molecule has 0 radical (unpaired) electrons. The van der Waals surface area contributed by atoms with Gasteiger partial charge >= 0.3 is 0 Å². The Labute approximate surface area is 137 Å². The number of piperidine rings is 1. The molecular weight excluding hydrogens is 294 g/mol. The van der Waals surface area contributed by atoms with Crippen molar-refractivity contribution >= 4 is 23.2 Å². The Balaban J connectivity index is 1.92. The summed E-state index contributed by atoms with van der Waals surface area (Å²) >= 11 is 5.16. The average Bonchev–Trinajstić information content (AvgIpc) is 2.58. The lowest BCUT2D eigenvalue weighted by Gasteiger charge is -2.26. The van der Waals surface area contributed by atoms with Crippen LogP contribution in [0.5, 0.6) is 0 Å². The fourth-order valence-corrected chi connectivity index (χ4v) is 2.66. The molecule has 0 aromatic heterocycles. The Morgan fingerprint density at radius 1 is 1.27 bits per heavy atom. The molecule has 1 saturated heterocycles. The molecule has 0 atom stereocenters. The Morgan fingerprint density at radius 2 is 2.05 bits per heavy atom. The number of carbonyl (C=O) groups excluding carboxylic acids is 1. The van der Waals surface area contributed by atoms with Crippen LogP contribution in [-0.4, -0.2) is 35.6 Å². The third-order valence-electron chi connectivity index (χ3n) is 3.68. The zero-order valence-electron chi connectivity index (χ0n) is 12.8. The van der Waals surface area contributed by atoms with Gasteiger partial charge in [-0.05, 0) is 49.2 Å². The molecule has 1 heterocycles. The van der Waals surface area contributed by atoms with Crippen molar-refractivity contribution in [2.45, 2.75) is 25.8 Å². The number of amides is 1. The number of nitrogens with one attached hydrogen (secondary N) is 2. The van der Waals surface area contributed by atoms with Gasteiger partial charge in [0.15, 0.2) is 5.11 Å². The molecule has 1 fully saturated rings. The molecule has 2 rings (SSSR count). The molecule has 0 bridgehead atoms. The fourth-order valence-electron chi connectivity index (χ4n) is 2.50. The van der Waals surface area contributed by atoms with Gasteiger partial charge in [-0.3, -0.25) is 4.79 Å². The molecule has 1 aromatic rings. The van der Waals surface area contributed by atoms with Crippen molar-refractivity contribution in [1.29, 1.82) is 0 Å². The maximum Gasteiger partial charge on any atom is 0.253 e. The molecule has 4 nitrogen and oxygen atoms in total. The van der Waals surface area contributed by atoms with Crippen LogP contribution in [-0.2, 0) is 6.54 Å². The van der Waals surface area contributed by atoms with Crippen LogP contribution in [0.2, 0.25) is 0 Å². The van der Waals surface area contributed by atoms with Gasteiger partial charge in [0.2, 0.25) is 0 Å². The molecule has 0 unspecified atom stereocenters. The van der Waals surface area contributed by atoms with Gasteiger partial charge in [-0.25, -0.2) is 0 Å². The van der Waals surface area contributed by atoms with Gasteiger partial charge in [0, 0.05) is 31.7 Å². The predicted molar refractivity (Wildman–Crippen MR) is 93.8 cm³/mol. The molecule has 0 saturated carbocycles. The van der Waals surface area contributed by atoms with Crippen LogP contribution in [0.15, 0.2) is 36.9 Å². The maximum absolute atomic E-state index is 12.5. The van der Waals surface area contributed by atoms with E-state index in [1.54, 1.807) is 6.08 Å². The third-order valence-corrected chi connectivity index (χ3v) is 3.97. The van der Waals surface area contributed by atoms with Crippen molar-refractivity contribution in [2.24, 2.45) is 0 Å². The van der Waals surface area contributed by atoms with Gasteiger partial charge < -0.3 is 15.5 Å². The molecule has 0 aliphatic carbocycles. The number of likely N-dealkylation sites (tertiary alicyclic amines) is 1. The molecule has 118 valence electrons. The highest BCUT2D eigenvalue weighted by atomic mass is 32.1. The van der Waals surface area contributed by atoms with Crippen LogP contribution in [0.3, 0.4) is 0 Å². The first kappa shape index (κ1) is 16.5. The zero-order valence-corrected chi connectivity index (χ0v) is 13.6. The number of hydrogen-bond donors (Lipinski definition) is 2. The van der Waals surface area contributed by atoms with E-state index in [2.05, 4.69) is 17.2 Å². The number of thiocarbonyl (C=S) groups is 1. The van der Waals surface area contributed by atoms with Crippen LogP contribution in [0, 0.1) is 0 Å². The second kappa shape index (κ2) is 8.54. The summed E-state index contributed by atoms with van der Waals surface area (Å²) < 4.78 is 0. The minimum atomic E-state index is 0.133. The Bertz CT molecular complexity index is 538. The van der Waals surface area contributed by atoms with Crippen molar-refractivity contribution in [3.63, 3.8) is 0 Å². The Hall–Kier alpha value is -1.88. The molecule has 1 aliphatic rings. The minimum Gasteiger partial charge on any atom is -0.359 e. The van der Waals surface area contributed by atoms with Gasteiger partial charge in [-0.2, -0.15) is 0 Å². The van der Waals surface area contributed by atoms with Gasteiger partial charge in [0.25, 0.3) is 5.91 Å². The third kappa shape index (κ3) is 4.84. The number of nitrogens with zero attached hydrogens (tertiary/aromatic N) is 1. The van der Waals surface area contributed by atoms with Crippen molar-refractivity contribution < 1.29 is 4.79 Å². The van der Waals surface area contributed by atoms with Gasteiger partial charge in [0.05, 0.1) is 0 Å². The number of hydrogen-bond acceptors (Lipinski definition) is 2. The molecular formula is C17H23N3OS. The average molecular weight is 317 g/mol. The molecule has 0 spiro atoms. The summed E-state index contributed by atoms with van der Waals surface area (Å²) in [5.41, 5.74) is 1.80. The van der Waals surface area contributed by atoms with E-state index in [9.17, 15) is 4.79 Å². The quantitative estimate of drug-likeness (QED) is 0.647. The Kier molecular flexibility index (Phi) is 6.40. The monoisotopic (exact) mass is 317 g/mol. The standard InChI is InChI=1S/C17H23N3OS/c1-2-9-18-17(22)19-13-14-7-6-8-15(12-14)16(21)20-10-4-3-5-11-20/h2,6-8,12H,1,3-5,9-11,13H2,(H2,18,19,22). The summed E-state index contributed by atoms with van der Waals surface area (Å²) in [6, 6.07) is 7.75. The molecule has 5 heteroatoms. The highest BCUT2D eigenvalue weighted by Gasteiger charge is 2.18. The zero-order chi connectivity index (χ0) is 15.8. The first-order chi connectivity index (χ1) is 10.7. The molecule has 1 aromatic carbocycles. The topological polar surface area (TPSA) is 44.4 Å². The van der Waals surface area contributed by atoms with E-state index in [0.717, 1.165) is 37.1 Å². The summed E-state index contributed by atoms with van der Waals surface area (Å²) in [7, 11) is 0. The van der Waals surface area contributed by atoms with Gasteiger partial charge in [0.1, 0.15) is 0 Å². The van der Waals surface area contributed by atoms with Crippen molar-refractivity contribution in [3.05, 3.63) is 48.0 Å². The van der Waals surface area contributed by atoms with E-state index in [-0.39, 0.29) is 5.91 Å². The van der Waals surface area contributed by atoms with E-state index in [1.165, 1.54) is 6.42 Å². The summed E-state index contributed by atoms with van der Waals surface area (Å²) in [6.07, 6.45) is 5.20. The SMILES string of the molecule is C=CCNC(=S)NCc1cccc(C(=O)N2CCCCC2)c1. The van der Waals surface area contributed by atoms with E-state index in [0.29, 0.717) is 18.2 Å². The van der Waals surface area contributed by atoms with Crippen LogP contribution < -0.4 is 10.6 Å². The van der Waals surface area contributed by atoms with Crippen molar-refractivity contribution in [3.8, 4) is 0 Å². The smallest absolute Gasteiger partial charge is 0.253 e. The highest BCUT2D eigenvalue weighted by Crippen LogP contribution is 2.14. The molecule has 22 heavy (non-hydrogen) atoms. The van der Waals surface area contributed by atoms with Crippen molar-refractivity contribution in [2.75, 3.05) is 19.6 Å². The molecule has 1 aliphatic heterocycles. The summed E-state index contributed by atoms with van der Waals surface area (Å²) in [5, 5.41) is 6.74. The number of benzene rings is 1. The lowest BCUT2D eigenvalue weighted by atomic mass is 10.1. The second-order valence-corrected chi connectivity index (χ2v) is 5.81.